The zero-order valence-corrected chi connectivity index (χ0v) is 10.7. The summed E-state index contributed by atoms with van der Waals surface area (Å²) in [6.07, 6.45) is 1.53. The molecule has 0 saturated heterocycles. The average molecular weight is 269 g/mol. The maximum Gasteiger partial charge on any atom is 0.259 e. The van der Waals surface area contributed by atoms with Crippen LogP contribution in [-0.4, -0.2) is 22.2 Å². The fourth-order valence-electron chi connectivity index (χ4n) is 1.76. The molecule has 0 radical (unpaired) electrons. The standard InChI is InChI=1S/C14H11N3O3/c1-19-11-4-2-3-9(7-11)13-16-14(20-17-13)10-5-6-12(18)15-8-10/h2-8H,1H3,(H,15,18). The molecule has 1 aromatic carbocycles. The molecule has 6 nitrogen and oxygen atoms in total. The van der Waals surface area contributed by atoms with Crippen molar-refractivity contribution in [2.45, 2.75) is 0 Å². The molecule has 100 valence electrons. The first kappa shape index (κ1) is 12.2. The Bertz CT molecular complexity index is 772. The molecule has 0 bridgehead atoms. The van der Waals surface area contributed by atoms with E-state index in [-0.39, 0.29) is 5.56 Å². The van der Waals surface area contributed by atoms with Crippen LogP contribution in [0.3, 0.4) is 0 Å². The van der Waals surface area contributed by atoms with Gasteiger partial charge in [-0.2, -0.15) is 4.98 Å². The first-order valence-electron chi connectivity index (χ1n) is 5.93. The van der Waals surface area contributed by atoms with E-state index in [4.69, 9.17) is 9.26 Å². The Morgan fingerprint density at radius 2 is 2.10 bits per heavy atom. The molecule has 0 aliphatic heterocycles. The van der Waals surface area contributed by atoms with E-state index in [2.05, 4.69) is 15.1 Å². The maximum atomic E-state index is 11.0. The van der Waals surface area contributed by atoms with Crippen molar-refractivity contribution in [3.05, 3.63) is 52.9 Å². The third kappa shape index (κ3) is 2.31. The van der Waals surface area contributed by atoms with Gasteiger partial charge in [-0.1, -0.05) is 17.3 Å². The van der Waals surface area contributed by atoms with Crippen LogP contribution in [-0.2, 0) is 0 Å². The summed E-state index contributed by atoms with van der Waals surface area (Å²) < 4.78 is 10.3. The Morgan fingerprint density at radius 1 is 1.20 bits per heavy atom. The van der Waals surface area contributed by atoms with Gasteiger partial charge >= 0.3 is 0 Å². The molecule has 0 atom stereocenters. The Balaban J connectivity index is 1.97. The van der Waals surface area contributed by atoms with Gasteiger partial charge in [0.25, 0.3) is 5.89 Å². The Hall–Kier alpha value is -2.89. The molecule has 0 spiro atoms. The molecule has 2 heterocycles. The van der Waals surface area contributed by atoms with Crippen molar-refractivity contribution in [3.63, 3.8) is 0 Å². The SMILES string of the molecule is COc1cccc(-c2noc(-c3ccc(=O)[nH]c3)n2)c1. The summed E-state index contributed by atoms with van der Waals surface area (Å²) in [5.41, 5.74) is 1.27. The van der Waals surface area contributed by atoms with Crippen molar-refractivity contribution in [1.82, 2.24) is 15.1 Å². The first-order valence-corrected chi connectivity index (χ1v) is 5.93. The van der Waals surface area contributed by atoms with Crippen molar-refractivity contribution >= 4 is 0 Å². The van der Waals surface area contributed by atoms with Crippen LogP contribution in [0.4, 0.5) is 0 Å². The lowest BCUT2D eigenvalue weighted by Crippen LogP contribution is -2.01. The fraction of sp³-hybridized carbons (Fsp3) is 0.0714. The van der Waals surface area contributed by atoms with E-state index < -0.39 is 0 Å². The molecule has 0 aliphatic carbocycles. The maximum absolute atomic E-state index is 11.0. The first-order chi connectivity index (χ1) is 9.76. The summed E-state index contributed by atoms with van der Waals surface area (Å²) >= 11 is 0. The molecule has 3 rings (SSSR count). The number of pyridine rings is 1. The number of H-pyrrole nitrogens is 1. The molecule has 0 unspecified atom stereocenters. The summed E-state index contributed by atoms with van der Waals surface area (Å²) in [5.74, 6) is 1.53. The number of hydrogen-bond acceptors (Lipinski definition) is 5. The van der Waals surface area contributed by atoms with Gasteiger partial charge in [-0.3, -0.25) is 4.79 Å². The van der Waals surface area contributed by atoms with E-state index in [1.165, 1.54) is 12.3 Å². The van der Waals surface area contributed by atoms with Crippen LogP contribution >= 0.6 is 0 Å². The third-order valence-electron chi connectivity index (χ3n) is 2.79. The smallest absolute Gasteiger partial charge is 0.259 e. The number of hydrogen-bond donors (Lipinski definition) is 1. The molecule has 0 amide bonds. The molecule has 3 aromatic rings. The van der Waals surface area contributed by atoms with Crippen molar-refractivity contribution < 1.29 is 9.26 Å². The van der Waals surface area contributed by atoms with E-state index >= 15 is 0 Å². The number of aromatic amines is 1. The summed E-state index contributed by atoms with van der Waals surface area (Å²) in [4.78, 5) is 17.9. The number of methoxy groups -OCH3 is 1. The highest BCUT2D eigenvalue weighted by Crippen LogP contribution is 2.23. The van der Waals surface area contributed by atoms with Gasteiger partial charge < -0.3 is 14.2 Å². The van der Waals surface area contributed by atoms with Crippen LogP contribution in [0.2, 0.25) is 0 Å². The van der Waals surface area contributed by atoms with Crippen LogP contribution in [0.5, 0.6) is 5.75 Å². The lowest BCUT2D eigenvalue weighted by atomic mass is 10.2. The summed E-state index contributed by atoms with van der Waals surface area (Å²) in [5, 5.41) is 3.93. The second kappa shape index (κ2) is 5.00. The minimum atomic E-state index is -0.179. The summed E-state index contributed by atoms with van der Waals surface area (Å²) in [6, 6.07) is 10.4. The number of nitrogens with zero attached hydrogens (tertiary/aromatic N) is 2. The van der Waals surface area contributed by atoms with Gasteiger partial charge in [0.2, 0.25) is 11.4 Å². The zero-order chi connectivity index (χ0) is 13.9. The molecule has 6 heteroatoms. The van der Waals surface area contributed by atoms with Crippen molar-refractivity contribution in [2.75, 3.05) is 7.11 Å². The predicted octanol–water partition coefficient (Wildman–Crippen LogP) is 2.10. The lowest BCUT2D eigenvalue weighted by molar-refractivity contribution is 0.414. The molecule has 0 saturated carbocycles. The van der Waals surface area contributed by atoms with Crippen LogP contribution in [0.15, 0.2) is 51.9 Å². The number of nitrogens with one attached hydrogen (secondary N) is 1. The fourth-order valence-corrected chi connectivity index (χ4v) is 1.76. The largest absolute Gasteiger partial charge is 0.497 e. The van der Waals surface area contributed by atoms with E-state index in [0.717, 1.165) is 11.3 Å². The lowest BCUT2D eigenvalue weighted by Gasteiger charge is -1.99. The van der Waals surface area contributed by atoms with Gasteiger partial charge in [0.15, 0.2) is 0 Å². The molecule has 20 heavy (non-hydrogen) atoms. The minimum Gasteiger partial charge on any atom is -0.497 e. The van der Waals surface area contributed by atoms with Crippen LogP contribution in [0.1, 0.15) is 0 Å². The Morgan fingerprint density at radius 3 is 2.85 bits per heavy atom. The number of aromatic nitrogens is 3. The number of ether oxygens (including phenoxy) is 1. The topological polar surface area (TPSA) is 81.0 Å². The normalized spacial score (nSPS) is 10.4. The number of rotatable bonds is 3. The highest BCUT2D eigenvalue weighted by Gasteiger charge is 2.11. The van der Waals surface area contributed by atoms with E-state index in [1.54, 1.807) is 13.2 Å². The molecule has 0 aliphatic rings. The van der Waals surface area contributed by atoms with Gasteiger partial charge in [-0.05, 0) is 18.2 Å². The summed E-state index contributed by atoms with van der Waals surface area (Å²) in [7, 11) is 1.60. The molecule has 1 N–H and O–H groups in total. The van der Waals surface area contributed by atoms with Crippen molar-refractivity contribution in [2.24, 2.45) is 0 Å². The predicted molar refractivity (Wildman–Crippen MR) is 72.3 cm³/mol. The minimum absolute atomic E-state index is 0.179. The zero-order valence-electron chi connectivity index (χ0n) is 10.7. The van der Waals surface area contributed by atoms with Gasteiger partial charge in [0, 0.05) is 17.8 Å². The molecular formula is C14H11N3O3. The second-order valence-corrected chi connectivity index (χ2v) is 4.10. The number of benzene rings is 1. The molecular weight excluding hydrogens is 258 g/mol. The Labute approximate surface area is 114 Å². The van der Waals surface area contributed by atoms with Crippen LogP contribution in [0, 0.1) is 0 Å². The average Bonchev–Trinajstić information content (AvgIpc) is 2.98. The molecule has 0 fully saturated rings. The monoisotopic (exact) mass is 269 g/mol. The van der Waals surface area contributed by atoms with Crippen molar-refractivity contribution in [1.29, 1.82) is 0 Å². The summed E-state index contributed by atoms with van der Waals surface area (Å²) in [6.45, 7) is 0. The van der Waals surface area contributed by atoms with Gasteiger partial charge in [-0.25, -0.2) is 0 Å². The quantitative estimate of drug-likeness (QED) is 0.787. The second-order valence-electron chi connectivity index (χ2n) is 4.10. The van der Waals surface area contributed by atoms with Gasteiger partial charge in [0.1, 0.15) is 5.75 Å². The van der Waals surface area contributed by atoms with E-state index in [0.29, 0.717) is 17.3 Å². The molecule has 2 aromatic heterocycles. The Kier molecular flexibility index (Phi) is 3.04. The highest BCUT2D eigenvalue weighted by atomic mass is 16.5. The third-order valence-corrected chi connectivity index (χ3v) is 2.79. The van der Waals surface area contributed by atoms with Gasteiger partial charge in [-0.15, -0.1) is 0 Å². The highest BCUT2D eigenvalue weighted by molar-refractivity contribution is 5.60. The van der Waals surface area contributed by atoms with E-state index in [1.807, 2.05) is 24.3 Å². The van der Waals surface area contributed by atoms with Crippen molar-refractivity contribution in [3.8, 4) is 28.6 Å². The van der Waals surface area contributed by atoms with Gasteiger partial charge in [0.05, 0.1) is 12.7 Å². The van der Waals surface area contributed by atoms with E-state index in [9.17, 15) is 4.79 Å². The van der Waals surface area contributed by atoms with Crippen LogP contribution < -0.4 is 10.3 Å². The van der Waals surface area contributed by atoms with Crippen LogP contribution in [0.25, 0.3) is 22.8 Å².